The molecule has 0 aromatic carbocycles. The SMILES string of the molecule is CCOc1c(Cl)c(-n2ncc(C(N)=S)c2C)nn1C. The van der Waals surface area contributed by atoms with Gasteiger partial charge in [0.1, 0.15) is 10.0 Å². The summed E-state index contributed by atoms with van der Waals surface area (Å²) in [5.74, 6) is 0.999. The highest BCUT2D eigenvalue weighted by Crippen LogP contribution is 2.30. The van der Waals surface area contributed by atoms with Crippen LogP contribution in [-0.2, 0) is 7.05 Å². The molecule has 2 heterocycles. The van der Waals surface area contributed by atoms with Crippen LogP contribution in [0.15, 0.2) is 6.20 Å². The number of thiocarbonyl (C=S) groups is 1. The van der Waals surface area contributed by atoms with E-state index < -0.39 is 0 Å². The highest BCUT2D eigenvalue weighted by atomic mass is 35.5. The van der Waals surface area contributed by atoms with E-state index in [-0.39, 0.29) is 0 Å². The van der Waals surface area contributed by atoms with Gasteiger partial charge in [0.25, 0.3) is 0 Å². The topological polar surface area (TPSA) is 70.9 Å². The molecular formula is C11H14ClN5OS. The second kappa shape index (κ2) is 5.18. The molecule has 0 atom stereocenters. The normalized spacial score (nSPS) is 10.7. The molecule has 0 unspecified atom stereocenters. The molecule has 0 saturated carbocycles. The second-order valence-electron chi connectivity index (χ2n) is 3.92. The van der Waals surface area contributed by atoms with Crippen LogP contribution in [-0.4, -0.2) is 31.2 Å². The highest BCUT2D eigenvalue weighted by Gasteiger charge is 2.20. The zero-order chi connectivity index (χ0) is 14.2. The minimum Gasteiger partial charge on any atom is -0.477 e. The van der Waals surface area contributed by atoms with E-state index in [0.717, 1.165) is 5.69 Å². The van der Waals surface area contributed by atoms with Crippen molar-refractivity contribution in [2.45, 2.75) is 13.8 Å². The van der Waals surface area contributed by atoms with E-state index in [1.165, 1.54) is 0 Å². The monoisotopic (exact) mass is 299 g/mol. The van der Waals surface area contributed by atoms with Gasteiger partial charge in [0, 0.05) is 7.05 Å². The quantitative estimate of drug-likeness (QED) is 0.868. The lowest BCUT2D eigenvalue weighted by molar-refractivity contribution is 0.309. The lowest BCUT2D eigenvalue weighted by atomic mass is 10.2. The summed E-state index contributed by atoms with van der Waals surface area (Å²) in [6.07, 6.45) is 1.60. The van der Waals surface area contributed by atoms with E-state index in [0.29, 0.717) is 33.9 Å². The summed E-state index contributed by atoms with van der Waals surface area (Å²) in [5, 5.41) is 8.93. The average Bonchev–Trinajstić information content (AvgIpc) is 2.84. The van der Waals surface area contributed by atoms with Gasteiger partial charge in [0.15, 0.2) is 5.82 Å². The number of aromatic nitrogens is 4. The molecule has 2 N–H and O–H groups in total. The molecule has 0 bridgehead atoms. The Labute approximate surface area is 121 Å². The van der Waals surface area contributed by atoms with Crippen LogP contribution >= 0.6 is 23.8 Å². The molecular weight excluding hydrogens is 286 g/mol. The summed E-state index contributed by atoms with van der Waals surface area (Å²) >= 11 is 11.2. The molecule has 8 heteroatoms. The van der Waals surface area contributed by atoms with E-state index in [2.05, 4.69) is 10.2 Å². The van der Waals surface area contributed by atoms with Crippen molar-refractivity contribution >= 4 is 28.8 Å². The van der Waals surface area contributed by atoms with Crippen molar-refractivity contribution in [3.8, 4) is 11.7 Å². The van der Waals surface area contributed by atoms with Crippen molar-refractivity contribution in [1.29, 1.82) is 0 Å². The van der Waals surface area contributed by atoms with Crippen LogP contribution in [0.3, 0.4) is 0 Å². The first kappa shape index (κ1) is 13.8. The Bertz CT molecular complexity index is 633. The van der Waals surface area contributed by atoms with Gasteiger partial charge in [0.2, 0.25) is 5.88 Å². The van der Waals surface area contributed by atoms with Gasteiger partial charge in [-0.1, -0.05) is 23.8 Å². The number of aryl methyl sites for hydroxylation is 1. The molecule has 0 radical (unpaired) electrons. The molecule has 0 saturated heterocycles. The summed E-state index contributed by atoms with van der Waals surface area (Å²) in [6.45, 7) is 4.24. The zero-order valence-electron chi connectivity index (χ0n) is 10.8. The Balaban J connectivity index is 2.54. The van der Waals surface area contributed by atoms with Crippen LogP contribution < -0.4 is 10.5 Å². The Kier molecular flexibility index (Phi) is 3.77. The van der Waals surface area contributed by atoms with Gasteiger partial charge in [-0.05, 0) is 13.8 Å². The molecule has 0 aliphatic carbocycles. The van der Waals surface area contributed by atoms with Crippen molar-refractivity contribution in [2.75, 3.05) is 6.61 Å². The van der Waals surface area contributed by atoms with E-state index >= 15 is 0 Å². The summed E-state index contributed by atoms with van der Waals surface area (Å²) in [6, 6.07) is 0. The summed E-state index contributed by atoms with van der Waals surface area (Å²) in [4.78, 5) is 0.292. The van der Waals surface area contributed by atoms with Gasteiger partial charge >= 0.3 is 0 Å². The third kappa shape index (κ3) is 2.31. The predicted molar refractivity (Wildman–Crippen MR) is 77.1 cm³/mol. The van der Waals surface area contributed by atoms with E-state index in [1.807, 2.05) is 13.8 Å². The molecule has 0 amide bonds. The van der Waals surface area contributed by atoms with E-state index in [4.69, 9.17) is 34.3 Å². The highest BCUT2D eigenvalue weighted by molar-refractivity contribution is 7.80. The van der Waals surface area contributed by atoms with Crippen LogP contribution in [0.5, 0.6) is 5.88 Å². The van der Waals surface area contributed by atoms with Crippen LogP contribution in [0.4, 0.5) is 0 Å². The Morgan fingerprint density at radius 1 is 1.58 bits per heavy atom. The fourth-order valence-electron chi connectivity index (χ4n) is 1.76. The first-order valence-corrected chi connectivity index (χ1v) is 6.46. The van der Waals surface area contributed by atoms with Crippen molar-refractivity contribution in [1.82, 2.24) is 19.6 Å². The number of rotatable bonds is 4. The van der Waals surface area contributed by atoms with Gasteiger partial charge in [-0.25, -0.2) is 9.36 Å². The fourth-order valence-corrected chi connectivity index (χ4v) is 2.26. The summed E-state index contributed by atoms with van der Waals surface area (Å²) in [5.41, 5.74) is 7.11. The second-order valence-corrected chi connectivity index (χ2v) is 4.74. The Morgan fingerprint density at radius 3 is 2.79 bits per heavy atom. The molecule has 2 aromatic rings. The van der Waals surface area contributed by atoms with Crippen LogP contribution in [0.25, 0.3) is 5.82 Å². The first-order valence-electron chi connectivity index (χ1n) is 5.67. The van der Waals surface area contributed by atoms with Crippen LogP contribution in [0.2, 0.25) is 5.02 Å². The molecule has 2 aromatic heterocycles. The minimum absolute atomic E-state index is 0.292. The number of nitrogens with two attached hydrogens (primary N) is 1. The molecule has 2 rings (SSSR count). The number of nitrogens with zero attached hydrogens (tertiary/aromatic N) is 4. The lowest BCUT2D eigenvalue weighted by Crippen LogP contribution is -2.11. The van der Waals surface area contributed by atoms with Gasteiger partial charge in [0.05, 0.1) is 24.1 Å². The van der Waals surface area contributed by atoms with E-state index in [9.17, 15) is 0 Å². The molecule has 0 fully saturated rings. The van der Waals surface area contributed by atoms with Gasteiger partial charge in [-0.3, -0.25) is 0 Å². The number of halogens is 1. The molecule has 0 aliphatic heterocycles. The van der Waals surface area contributed by atoms with Crippen LogP contribution in [0, 0.1) is 6.92 Å². The Morgan fingerprint density at radius 2 is 2.26 bits per heavy atom. The van der Waals surface area contributed by atoms with Gasteiger partial charge in [-0.2, -0.15) is 5.10 Å². The number of hydrogen-bond acceptors (Lipinski definition) is 4. The van der Waals surface area contributed by atoms with Gasteiger partial charge < -0.3 is 10.5 Å². The molecule has 0 aliphatic rings. The number of hydrogen-bond donors (Lipinski definition) is 1. The molecule has 19 heavy (non-hydrogen) atoms. The largest absolute Gasteiger partial charge is 0.477 e. The van der Waals surface area contributed by atoms with E-state index in [1.54, 1.807) is 22.6 Å². The minimum atomic E-state index is 0.292. The van der Waals surface area contributed by atoms with Crippen molar-refractivity contribution < 1.29 is 4.74 Å². The zero-order valence-corrected chi connectivity index (χ0v) is 12.4. The maximum atomic E-state index is 6.27. The third-order valence-corrected chi connectivity index (χ3v) is 3.23. The van der Waals surface area contributed by atoms with Crippen molar-refractivity contribution in [3.05, 3.63) is 22.5 Å². The predicted octanol–water partition coefficient (Wildman–Crippen LogP) is 1.60. The molecule has 102 valence electrons. The number of ether oxygens (including phenoxy) is 1. The third-order valence-electron chi connectivity index (χ3n) is 2.68. The van der Waals surface area contributed by atoms with Crippen molar-refractivity contribution in [3.63, 3.8) is 0 Å². The van der Waals surface area contributed by atoms with Crippen molar-refractivity contribution in [2.24, 2.45) is 12.8 Å². The van der Waals surface area contributed by atoms with Gasteiger partial charge in [-0.15, -0.1) is 5.10 Å². The molecule has 0 spiro atoms. The maximum Gasteiger partial charge on any atom is 0.233 e. The van der Waals surface area contributed by atoms with Crippen LogP contribution in [0.1, 0.15) is 18.2 Å². The summed E-state index contributed by atoms with van der Waals surface area (Å²) in [7, 11) is 1.76. The Hall–Kier alpha value is -1.60. The first-order chi connectivity index (χ1) is 8.97. The summed E-state index contributed by atoms with van der Waals surface area (Å²) < 4.78 is 8.61. The smallest absolute Gasteiger partial charge is 0.233 e. The average molecular weight is 300 g/mol. The molecule has 6 nitrogen and oxygen atoms in total. The standard InChI is InChI=1S/C11H14ClN5OS/c1-4-18-11-8(12)10(15-16(11)3)17-6(2)7(5-14-17)9(13)19/h5H,4H2,1-3H3,(H2,13,19). The fraction of sp³-hybridized carbons (Fsp3) is 0.364. The maximum absolute atomic E-state index is 6.27. The lowest BCUT2D eigenvalue weighted by Gasteiger charge is -2.02.